The van der Waals surface area contributed by atoms with Gasteiger partial charge in [0.2, 0.25) is 0 Å². The Bertz CT molecular complexity index is 860. The number of nitrogens with one attached hydrogen (secondary N) is 1. The average molecular weight is 378 g/mol. The fourth-order valence-electron chi connectivity index (χ4n) is 2.07. The molecule has 0 heterocycles. The molecule has 0 saturated heterocycles. The van der Waals surface area contributed by atoms with Gasteiger partial charge < -0.3 is 15.2 Å². The number of hydrogen-bond acceptors (Lipinski definition) is 6. The van der Waals surface area contributed by atoms with Gasteiger partial charge in [-0.2, -0.15) is 5.10 Å². The lowest BCUT2D eigenvalue weighted by atomic mass is 10.1. The minimum Gasteiger partial charge on any atom is -0.496 e. The second-order valence-electron chi connectivity index (χ2n) is 4.96. The van der Waals surface area contributed by atoms with Gasteiger partial charge in [-0.25, -0.2) is 4.39 Å². The van der Waals surface area contributed by atoms with Crippen molar-refractivity contribution >= 4 is 29.2 Å². The molecule has 0 amide bonds. The van der Waals surface area contributed by atoms with Crippen LogP contribution in [-0.2, 0) is 6.61 Å². The van der Waals surface area contributed by atoms with Gasteiger partial charge >= 0.3 is 5.69 Å². The molecule has 2 aromatic carbocycles. The zero-order valence-electron chi connectivity index (χ0n) is 13.6. The third kappa shape index (κ3) is 5.11. The van der Waals surface area contributed by atoms with E-state index in [0.29, 0.717) is 16.9 Å². The summed E-state index contributed by atoms with van der Waals surface area (Å²) in [6.45, 7) is -0.0716. The molecule has 0 atom stereocenters. The van der Waals surface area contributed by atoms with Crippen molar-refractivity contribution in [1.82, 2.24) is 5.43 Å². The summed E-state index contributed by atoms with van der Waals surface area (Å²) in [5.41, 5.74) is 8.64. The first-order chi connectivity index (χ1) is 12.4. The van der Waals surface area contributed by atoms with E-state index in [1.54, 1.807) is 18.2 Å². The van der Waals surface area contributed by atoms with Gasteiger partial charge in [-0.3, -0.25) is 15.5 Å². The van der Waals surface area contributed by atoms with E-state index in [2.05, 4.69) is 22.7 Å². The number of nitrogens with two attached hydrogens (primary N) is 1. The molecule has 0 unspecified atom stereocenters. The maximum absolute atomic E-state index is 13.4. The topological polar surface area (TPSA) is 112 Å². The SMILES string of the molecule is COc1ccc(C=NNC(N)=S)cc1COc1cc(F)ccc1[N+](=O)[O-]. The molecule has 0 saturated carbocycles. The zero-order valence-corrected chi connectivity index (χ0v) is 14.5. The van der Waals surface area contributed by atoms with Gasteiger partial charge in [0.1, 0.15) is 18.2 Å². The van der Waals surface area contributed by atoms with Crippen LogP contribution in [0.15, 0.2) is 41.5 Å². The summed E-state index contributed by atoms with van der Waals surface area (Å²) in [4.78, 5) is 10.4. The lowest BCUT2D eigenvalue weighted by Gasteiger charge is -2.11. The van der Waals surface area contributed by atoms with Crippen LogP contribution in [0.1, 0.15) is 11.1 Å². The highest BCUT2D eigenvalue weighted by atomic mass is 32.1. The van der Waals surface area contributed by atoms with E-state index < -0.39 is 10.7 Å². The van der Waals surface area contributed by atoms with Crippen molar-refractivity contribution in [3.05, 3.63) is 63.5 Å². The smallest absolute Gasteiger partial charge is 0.311 e. The van der Waals surface area contributed by atoms with Crippen molar-refractivity contribution in [2.45, 2.75) is 6.61 Å². The number of nitro benzene ring substituents is 1. The Morgan fingerprint density at radius 2 is 2.15 bits per heavy atom. The maximum Gasteiger partial charge on any atom is 0.311 e. The van der Waals surface area contributed by atoms with Crippen LogP contribution in [0.25, 0.3) is 0 Å². The quantitative estimate of drug-likeness (QED) is 0.329. The Labute approximate surface area is 153 Å². The number of benzene rings is 2. The van der Waals surface area contributed by atoms with Crippen molar-refractivity contribution in [3.63, 3.8) is 0 Å². The molecule has 2 aromatic rings. The molecule has 0 bridgehead atoms. The first-order valence-electron chi connectivity index (χ1n) is 7.23. The molecule has 2 rings (SSSR count). The molecule has 0 aliphatic rings. The van der Waals surface area contributed by atoms with Gasteiger partial charge in [0.05, 0.1) is 18.2 Å². The Hall–Kier alpha value is -3.27. The third-order valence-corrected chi connectivity index (χ3v) is 3.29. The maximum atomic E-state index is 13.4. The molecule has 0 radical (unpaired) electrons. The van der Waals surface area contributed by atoms with Gasteiger partial charge in [0.15, 0.2) is 10.9 Å². The highest BCUT2D eigenvalue weighted by molar-refractivity contribution is 7.80. The van der Waals surface area contributed by atoms with Crippen LogP contribution in [0.4, 0.5) is 10.1 Å². The molecule has 0 aromatic heterocycles. The van der Waals surface area contributed by atoms with Crippen LogP contribution in [0.5, 0.6) is 11.5 Å². The summed E-state index contributed by atoms with van der Waals surface area (Å²) in [6, 6.07) is 8.12. The van der Waals surface area contributed by atoms with E-state index in [0.717, 1.165) is 18.2 Å². The summed E-state index contributed by atoms with van der Waals surface area (Å²) in [6.07, 6.45) is 1.48. The molecule has 0 fully saturated rings. The normalized spacial score (nSPS) is 10.5. The number of nitrogens with zero attached hydrogens (tertiary/aromatic N) is 2. The van der Waals surface area contributed by atoms with Crippen LogP contribution < -0.4 is 20.6 Å². The van der Waals surface area contributed by atoms with Crippen LogP contribution in [0.2, 0.25) is 0 Å². The van der Waals surface area contributed by atoms with E-state index in [-0.39, 0.29) is 23.2 Å². The van der Waals surface area contributed by atoms with Crippen molar-refractivity contribution in [2.24, 2.45) is 10.8 Å². The zero-order chi connectivity index (χ0) is 19.1. The number of ether oxygens (including phenoxy) is 2. The molecular weight excluding hydrogens is 363 g/mol. The lowest BCUT2D eigenvalue weighted by molar-refractivity contribution is -0.386. The molecule has 0 aliphatic carbocycles. The number of hydrazone groups is 1. The second-order valence-corrected chi connectivity index (χ2v) is 5.40. The van der Waals surface area contributed by atoms with Gasteiger partial charge in [-0.1, -0.05) is 0 Å². The van der Waals surface area contributed by atoms with Gasteiger partial charge in [-0.15, -0.1) is 0 Å². The highest BCUT2D eigenvalue weighted by Gasteiger charge is 2.16. The molecule has 10 heteroatoms. The van der Waals surface area contributed by atoms with Crippen molar-refractivity contribution in [1.29, 1.82) is 0 Å². The number of halogens is 1. The van der Waals surface area contributed by atoms with Crippen LogP contribution >= 0.6 is 12.2 Å². The molecule has 26 heavy (non-hydrogen) atoms. The number of methoxy groups -OCH3 is 1. The van der Waals surface area contributed by atoms with E-state index in [9.17, 15) is 14.5 Å². The van der Waals surface area contributed by atoms with Crippen LogP contribution in [-0.4, -0.2) is 23.4 Å². The van der Waals surface area contributed by atoms with Gasteiger partial charge in [-0.05, 0) is 42.0 Å². The van der Waals surface area contributed by atoms with Crippen LogP contribution in [0.3, 0.4) is 0 Å². The standard InChI is InChI=1S/C16H15FN4O4S/c1-24-14-5-2-10(8-19-20-16(18)26)6-11(14)9-25-15-7-12(17)3-4-13(15)21(22)23/h2-8H,9H2,1H3,(H3,18,20,26). The van der Waals surface area contributed by atoms with E-state index in [1.807, 2.05) is 0 Å². The highest BCUT2D eigenvalue weighted by Crippen LogP contribution is 2.29. The summed E-state index contributed by atoms with van der Waals surface area (Å²) in [7, 11) is 1.48. The Morgan fingerprint density at radius 1 is 1.38 bits per heavy atom. The van der Waals surface area contributed by atoms with Crippen molar-refractivity contribution in [2.75, 3.05) is 7.11 Å². The average Bonchev–Trinajstić information content (AvgIpc) is 2.59. The summed E-state index contributed by atoms with van der Waals surface area (Å²) in [5, 5.41) is 14.9. The predicted octanol–water partition coefficient (Wildman–Crippen LogP) is 2.49. The molecular formula is C16H15FN4O4S. The van der Waals surface area contributed by atoms with E-state index >= 15 is 0 Å². The van der Waals surface area contributed by atoms with Crippen LogP contribution in [0, 0.1) is 15.9 Å². The van der Waals surface area contributed by atoms with E-state index in [4.69, 9.17) is 15.2 Å². The number of rotatable bonds is 7. The fraction of sp³-hybridized carbons (Fsp3) is 0.125. The number of thiocarbonyl (C=S) groups is 1. The second kappa shape index (κ2) is 8.72. The summed E-state index contributed by atoms with van der Waals surface area (Å²) in [5.74, 6) is -0.308. The lowest BCUT2D eigenvalue weighted by Crippen LogP contribution is -2.24. The third-order valence-electron chi connectivity index (χ3n) is 3.19. The summed E-state index contributed by atoms with van der Waals surface area (Å²) < 4.78 is 24.1. The first-order valence-corrected chi connectivity index (χ1v) is 7.63. The number of hydrogen-bond donors (Lipinski definition) is 2. The molecule has 136 valence electrons. The first kappa shape index (κ1) is 19.1. The fourth-order valence-corrected chi connectivity index (χ4v) is 2.12. The van der Waals surface area contributed by atoms with Crippen molar-refractivity contribution in [3.8, 4) is 11.5 Å². The minimum atomic E-state index is -0.642. The predicted molar refractivity (Wildman–Crippen MR) is 97.9 cm³/mol. The van der Waals surface area contributed by atoms with Gasteiger partial charge in [0.25, 0.3) is 0 Å². The van der Waals surface area contributed by atoms with Gasteiger partial charge in [0, 0.05) is 17.7 Å². The summed E-state index contributed by atoms with van der Waals surface area (Å²) >= 11 is 4.64. The molecule has 8 nitrogen and oxygen atoms in total. The van der Waals surface area contributed by atoms with E-state index in [1.165, 1.54) is 13.3 Å². The largest absolute Gasteiger partial charge is 0.496 e. The Morgan fingerprint density at radius 3 is 2.81 bits per heavy atom. The minimum absolute atomic E-state index is 0.0248. The Balaban J connectivity index is 2.23. The molecule has 0 aliphatic heterocycles. The Kier molecular flexibility index (Phi) is 6.39. The monoisotopic (exact) mass is 378 g/mol. The molecule has 0 spiro atoms. The van der Waals surface area contributed by atoms with Crippen molar-refractivity contribution < 1.29 is 18.8 Å². The molecule has 3 N–H and O–H groups in total. The number of nitro groups is 1.